The first kappa shape index (κ1) is 12.5. The van der Waals surface area contributed by atoms with Gasteiger partial charge in [0.05, 0.1) is 12.2 Å². The van der Waals surface area contributed by atoms with Crippen LogP contribution in [0.1, 0.15) is 10.4 Å². The number of aromatic carboxylic acids is 1. The van der Waals surface area contributed by atoms with E-state index < -0.39 is 5.97 Å². The summed E-state index contributed by atoms with van der Waals surface area (Å²) in [4.78, 5) is 25.3. The van der Waals surface area contributed by atoms with Crippen molar-refractivity contribution in [1.82, 2.24) is 15.0 Å². The van der Waals surface area contributed by atoms with E-state index in [2.05, 4.69) is 15.0 Å². The van der Waals surface area contributed by atoms with Crippen molar-refractivity contribution in [2.75, 3.05) is 24.8 Å². The maximum absolute atomic E-state index is 11.1. The zero-order valence-electron chi connectivity index (χ0n) is 10.6. The number of carboxylic acid groups (broad SMARTS) is 1. The Bertz CT molecular complexity index is 627. The van der Waals surface area contributed by atoms with E-state index in [1.807, 2.05) is 4.90 Å². The molecule has 2 aromatic rings. The second kappa shape index (κ2) is 5.22. The molecule has 0 bridgehead atoms. The van der Waals surface area contributed by atoms with E-state index in [-0.39, 0.29) is 5.56 Å². The van der Waals surface area contributed by atoms with Crippen LogP contribution in [0.5, 0.6) is 0 Å². The second-order valence-corrected chi connectivity index (χ2v) is 4.33. The summed E-state index contributed by atoms with van der Waals surface area (Å²) in [6.07, 6.45) is 6.05. The van der Waals surface area contributed by atoms with Crippen molar-refractivity contribution in [1.29, 1.82) is 0 Å². The summed E-state index contributed by atoms with van der Waals surface area (Å²) in [5.41, 5.74) is 1.55. The van der Waals surface area contributed by atoms with Crippen molar-refractivity contribution in [2.45, 2.75) is 0 Å². The van der Waals surface area contributed by atoms with Gasteiger partial charge in [-0.15, -0.1) is 0 Å². The molecule has 0 amide bonds. The van der Waals surface area contributed by atoms with Gasteiger partial charge in [-0.2, -0.15) is 0 Å². The molecular formula is C13H12N4O3. The van der Waals surface area contributed by atoms with Gasteiger partial charge in [0.1, 0.15) is 18.9 Å². The van der Waals surface area contributed by atoms with Crippen LogP contribution >= 0.6 is 0 Å². The molecule has 0 aromatic carbocycles. The lowest BCUT2D eigenvalue weighted by Gasteiger charge is -2.18. The summed E-state index contributed by atoms with van der Waals surface area (Å²) in [5, 5.41) is 9.10. The quantitative estimate of drug-likeness (QED) is 0.892. The molecule has 20 heavy (non-hydrogen) atoms. The number of carbonyl (C=O) groups is 1. The molecule has 0 aliphatic carbocycles. The monoisotopic (exact) mass is 272 g/mol. The SMILES string of the molecule is O=C(O)c1cnc(N2CCOC2)c(-c2cncnc2)c1. The Hall–Kier alpha value is -2.54. The van der Waals surface area contributed by atoms with E-state index in [4.69, 9.17) is 9.84 Å². The van der Waals surface area contributed by atoms with Crippen LogP contribution in [0.3, 0.4) is 0 Å². The molecule has 1 aliphatic rings. The number of aromatic nitrogens is 3. The highest BCUT2D eigenvalue weighted by molar-refractivity contribution is 5.90. The Morgan fingerprint density at radius 1 is 1.30 bits per heavy atom. The average Bonchev–Trinajstić information content (AvgIpc) is 3.01. The van der Waals surface area contributed by atoms with E-state index in [1.54, 1.807) is 18.5 Å². The Morgan fingerprint density at radius 2 is 2.10 bits per heavy atom. The van der Waals surface area contributed by atoms with Crippen LogP contribution < -0.4 is 4.90 Å². The summed E-state index contributed by atoms with van der Waals surface area (Å²) in [7, 11) is 0. The number of anilines is 1. The molecule has 0 spiro atoms. The number of ether oxygens (including phenoxy) is 1. The highest BCUT2D eigenvalue weighted by Crippen LogP contribution is 2.29. The molecule has 102 valence electrons. The highest BCUT2D eigenvalue weighted by atomic mass is 16.5. The first-order chi connectivity index (χ1) is 9.75. The lowest BCUT2D eigenvalue weighted by Crippen LogP contribution is -2.21. The lowest BCUT2D eigenvalue weighted by molar-refractivity contribution is 0.0696. The Balaban J connectivity index is 2.11. The molecule has 3 heterocycles. The maximum atomic E-state index is 11.1. The van der Waals surface area contributed by atoms with Gasteiger partial charge in [0.15, 0.2) is 0 Å². The molecule has 7 nitrogen and oxygen atoms in total. The van der Waals surface area contributed by atoms with Gasteiger partial charge < -0.3 is 14.7 Å². The maximum Gasteiger partial charge on any atom is 0.337 e. The molecule has 1 fully saturated rings. The predicted octanol–water partition coefficient (Wildman–Crippen LogP) is 1.03. The summed E-state index contributed by atoms with van der Waals surface area (Å²) < 4.78 is 5.32. The normalized spacial score (nSPS) is 14.5. The number of hydrogen-bond acceptors (Lipinski definition) is 6. The van der Waals surface area contributed by atoms with Crippen LogP contribution in [0.15, 0.2) is 31.0 Å². The molecule has 7 heteroatoms. The number of pyridine rings is 1. The summed E-state index contributed by atoms with van der Waals surface area (Å²) in [5.74, 6) is -0.331. The number of hydrogen-bond donors (Lipinski definition) is 1. The molecule has 0 unspecified atom stereocenters. The number of nitrogens with zero attached hydrogens (tertiary/aromatic N) is 4. The van der Waals surface area contributed by atoms with Crippen LogP contribution in [-0.4, -0.2) is 45.9 Å². The Morgan fingerprint density at radius 3 is 2.75 bits per heavy atom. The molecule has 1 N–H and O–H groups in total. The van der Waals surface area contributed by atoms with Crippen molar-refractivity contribution < 1.29 is 14.6 Å². The largest absolute Gasteiger partial charge is 0.478 e. The second-order valence-electron chi connectivity index (χ2n) is 4.33. The zero-order chi connectivity index (χ0) is 13.9. The predicted molar refractivity (Wildman–Crippen MR) is 70.4 cm³/mol. The van der Waals surface area contributed by atoms with Crippen molar-refractivity contribution in [2.24, 2.45) is 0 Å². The lowest BCUT2D eigenvalue weighted by atomic mass is 10.1. The Labute approximate surface area is 114 Å². The van der Waals surface area contributed by atoms with Crippen LogP contribution in [0.25, 0.3) is 11.1 Å². The topological polar surface area (TPSA) is 88.4 Å². The van der Waals surface area contributed by atoms with Crippen LogP contribution in [0, 0.1) is 0 Å². The smallest absolute Gasteiger partial charge is 0.337 e. The summed E-state index contributed by atoms with van der Waals surface area (Å²) in [6, 6.07) is 1.58. The van der Waals surface area contributed by atoms with Gasteiger partial charge in [-0.05, 0) is 6.07 Å². The zero-order valence-corrected chi connectivity index (χ0v) is 10.6. The van der Waals surface area contributed by atoms with Crippen LogP contribution in [-0.2, 0) is 4.74 Å². The molecule has 0 atom stereocenters. The van der Waals surface area contributed by atoms with Gasteiger partial charge in [0, 0.05) is 36.3 Å². The van der Waals surface area contributed by atoms with E-state index >= 15 is 0 Å². The van der Waals surface area contributed by atoms with Crippen molar-refractivity contribution >= 4 is 11.8 Å². The van der Waals surface area contributed by atoms with Crippen LogP contribution in [0.4, 0.5) is 5.82 Å². The third-order valence-electron chi connectivity index (χ3n) is 3.04. The van der Waals surface area contributed by atoms with E-state index in [0.29, 0.717) is 24.7 Å². The molecule has 1 saturated heterocycles. The van der Waals surface area contributed by atoms with Crippen molar-refractivity contribution in [3.05, 3.63) is 36.5 Å². The molecule has 0 radical (unpaired) electrons. The third-order valence-corrected chi connectivity index (χ3v) is 3.04. The fraction of sp³-hybridized carbons (Fsp3) is 0.231. The van der Waals surface area contributed by atoms with Crippen molar-refractivity contribution in [3.8, 4) is 11.1 Å². The van der Waals surface area contributed by atoms with Gasteiger partial charge >= 0.3 is 5.97 Å². The minimum absolute atomic E-state index is 0.132. The number of carboxylic acids is 1. The number of rotatable bonds is 3. The van der Waals surface area contributed by atoms with Gasteiger partial charge in [0.25, 0.3) is 0 Å². The third kappa shape index (κ3) is 2.30. The van der Waals surface area contributed by atoms with E-state index in [1.165, 1.54) is 12.5 Å². The van der Waals surface area contributed by atoms with Crippen LogP contribution in [0.2, 0.25) is 0 Å². The molecule has 2 aromatic heterocycles. The standard InChI is InChI=1S/C13H12N4O3/c18-13(19)9-3-11(10-4-14-7-15-5-10)12(16-6-9)17-1-2-20-8-17/h3-7H,1-2,8H2,(H,18,19). The fourth-order valence-electron chi connectivity index (χ4n) is 2.06. The average molecular weight is 272 g/mol. The minimum Gasteiger partial charge on any atom is -0.478 e. The Kier molecular flexibility index (Phi) is 3.26. The van der Waals surface area contributed by atoms with Gasteiger partial charge in [0.2, 0.25) is 0 Å². The fourth-order valence-corrected chi connectivity index (χ4v) is 2.06. The molecule has 3 rings (SSSR count). The van der Waals surface area contributed by atoms with Gasteiger partial charge in [-0.1, -0.05) is 0 Å². The minimum atomic E-state index is -1.01. The molecule has 0 saturated carbocycles. The van der Waals surface area contributed by atoms with Crippen molar-refractivity contribution in [3.63, 3.8) is 0 Å². The first-order valence-corrected chi connectivity index (χ1v) is 6.07. The molecular weight excluding hydrogens is 260 g/mol. The molecule has 1 aliphatic heterocycles. The summed E-state index contributed by atoms with van der Waals surface area (Å²) in [6.45, 7) is 1.80. The van der Waals surface area contributed by atoms with E-state index in [0.717, 1.165) is 12.1 Å². The van der Waals surface area contributed by atoms with Gasteiger partial charge in [-0.25, -0.2) is 19.7 Å². The summed E-state index contributed by atoms with van der Waals surface area (Å²) >= 11 is 0. The first-order valence-electron chi connectivity index (χ1n) is 6.07. The van der Waals surface area contributed by atoms with Gasteiger partial charge in [-0.3, -0.25) is 0 Å². The highest BCUT2D eigenvalue weighted by Gasteiger charge is 2.20. The van der Waals surface area contributed by atoms with E-state index in [9.17, 15) is 4.79 Å².